The number of hydrogen-bond acceptors (Lipinski definition) is 4. The van der Waals surface area contributed by atoms with Gasteiger partial charge in [-0.05, 0) is 0 Å². The number of rotatable bonds is 1. The van der Waals surface area contributed by atoms with Gasteiger partial charge in [-0.3, -0.25) is 9.78 Å². The van der Waals surface area contributed by atoms with Crippen LogP contribution in [0.5, 0.6) is 6.01 Å². The van der Waals surface area contributed by atoms with Gasteiger partial charge in [-0.25, -0.2) is 9.78 Å². The number of nitrogens with two attached hydrogens (primary N) is 1. The molecule has 0 saturated carbocycles. The predicted molar refractivity (Wildman–Crippen MR) is 35.1 cm³/mol. The standard InChI is InChI=1S/C5H5N3O3/c6-4(10)11-5-7-2-1-3(9)8-5/h1-2H,(H2,6,10)(H,7,8,9). The number of carbonyl (C=O) groups is 1. The van der Waals surface area contributed by atoms with Crippen molar-refractivity contribution in [3.05, 3.63) is 22.6 Å². The minimum atomic E-state index is -1.01. The number of hydrogen-bond donors (Lipinski definition) is 2. The van der Waals surface area contributed by atoms with Crippen molar-refractivity contribution in [1.82, 2.24) is 9.97 Å². The van der Waals surface area contributed by atoms with Gasteiger partial charge >= 0.3 is 12.1 Å². The lowest BCUT2D eigenvalue weighted by atomic mass is 10.7. The summed E-state index contributed by atoms with van der Waals surface area (Å²) in [6.45, 7) is 0. The largest absolute Gasteiger partial charge is 0.412 e. The highest BCUT2D eigenvalue weighted by atomic mass is 16.6. The molecule has 1 heterocycles. The van der Waals surface area contributed by atoms with Crippen molar-refractivity contribution in [3.63, 3.8) is 0 Å². The first-order valence-electron chi connectivity index (χ1n) is 2.71. The van der Waals surface area contributed by atoms with Crippen LogP contribution in [-0.2, 0) is 0 Å². The Bertz CT molecular complexity index is 319. The molecule has 3 N–H and O–H groups in total. The maximum atomic E-state index is 10.5. The van der Waals surface area contributed by atoms with Crippen LogP contribution in [0.25, 0.3) is 0 Å². The molecule has 0 aliphatic rings. The third-order valence-corrected chi connectivity index (χ3v) is 0.845. The molecule has 0 aromatic carbocycles. The van der Waals surface area contributed by atoms with Crippen LogP contribution in [0.2, 0.25) is 0 Å². The second kappa shape index (κ2) is 2.82. The molecule has 0 aliphatic carbocycles. The van der Waals surface area contributed by atoms with Crippen LogP contribution in [0.1, 0.15) is 0 Å². The Morgan fingerprint density at radius 2 is 2.45 bits per heavy atom. The average molecular weight is 155 g/mol. The van der Waals surface area contributed by atoms with Crippen molar-refractivity contribution in [2.75, 3.05) is 0 Å². The van der Waals surface area contributed by atoms with E-state index in [9.17, 15) is 9.59 Å². The minimum absolute atomic E-state index is 0.204. The van der Waals surface area contributed by atoms with Gasteiger partial charge in [0, 0.05) is 12.3 Å². The third kappa shape index (κ3) is 2.09. The number of nitrogens with one attached hydrogen (secondary N) is 1. The highest BCUT2D eigenvalue weighted by Gasteiger charge is 1.98. The molecule has 1 aromatic heterocycles. The smallest absolute Gasteiger partial charge is 0.376 e. The summed E-state index contributed by atoms with van der Waals surface area (Å²) in [5, 5.41) is 0. The van der Waals surface area contributed by atoms with E-state index in [2.05, 4.69) is 20.4 Å². The van der Waals surface area contributed by atoms with Crippen molar-refractivity contribution in [2.45, 2.75) is 0 Å². The molecule has 0 unspecified atom stereocenters. The fourth-order valence-electron chi connectivity index (χ4n) is 0.499. The van der Waals surface area contributed by atoms with Gasteiger partial charge in [-0.15, -0.1) is 0 Å². The van der Waals surface area contributed by atoms with Crippen LogP contribution in [0, 0.1) is 0 Å². The van der Waals surface area contributed by atoms with Gasteiger partial charge in [-0.2, -0.15) is 0 Å². The van der Waals surface area contributed by atoms with E-state index >= 15 is 0 Å². The summed E-state index contributed by atoms with van der Waals surface area (Å²) in [5.41, 5.74) is 4.25. The first-order valence-corrected chi connectivity index (χ1v) is 2.71. The number of ether oxygens (including phenoxy) is 1. The summed E-state index contributed by atoms with van der Waals surface area (Å²) in [6, 6.07) is 0.985. The first kappa shape index (κ1) is 7.26. The Hall–Kier alpha value is -1.85. The molecule has 1 aromatic rings. The van der Waals surface area contributed by atoms with E-state index in [1.807, 2.05) is 0 Å². The van der Waals surface area contributed by atoms with Crippen molar-refractivity contribution in [1.29, 1.82) is 0 Å². The van der Waals surface area contributed by atoms with Gasteiger partial charge < -0.3 is 10.5 Å². The molecular formula is C5H5N3O3. The molecule has 6 nitrogen and oxygen atoms in total. The lowest BCUT2D eigenvalue weighted by Gasteiger charge is -1.95. The highest BCUT2D eigenvalue weighted by Crippen LogP contribution is 1.92. The van der Waals surface area contributed by atoms with E-state index in [0.29, 0.717) is 0 Å². The zero-order chi connectivity index (χ0) is 8.27. The monoisotopic (exact) mass is 155 g/mol. The molecule has 1 rings (SSSR count). The summed E-state index contributed by atoms with van der Waals surface area (Å²) in [5.74, 6) is 0. The summed E-state index contributed by atoms with van der Waals surface area (Å²) >= 11 is 0. The van der Waals surface area contributed by atoms with Crippen molar-refractivity contribution in [3.8, 4) is 6.01 Å². The van der Waals surface area contributed by atoms with Gasteiger partial charge in [0.15, 0.2) is 0 Å². The lowest BCUT2D eigenvalue weighted by Crippen LogP contribution is -2.19. The first-order chi connectivity index (χ1) is 5.18. The van der Waals surface area contributed by atoms with E-state index in [1.54, 1.807) is 0 Å². The number of aromatic amines is 1. The molecule has 0 atom stereocenters. The summed E-state index contributed by atoms with van der Waals surface area (Å²) in [4.78, 5) is 26.3. The minimum Gasteiger partial charge on any atom is -0.376 e. The topological polar surface area (TPSA) is 98.1 Å². The number of primary amides is 1. The van der Waals surface area contributed by atoms with Crippen molar-refractivity contribution in [2.24, 2.45) is 5.73 Å². The fraction of sp³-hybridized carbons (Fsp3) is 0. The molecule has 1 amide bonds. The van der Waals surface area contributed by atoms with E-state index in [0.717, 1.165) is 0 Å². The van der Waals surface area contributed by atoms with Crippen LogP contribution < -0.4 is 16.0 Å². The SMILES string of the molecule is NC(=O)Oc1nccc(=O)[nH]1. The Morgan fingerprint density at radius 3 is 3.00 bits per heavy atom. The van der Waals surface area contributed by atoms with E-state index in [4.69, 9.17) is 0 Å². The number of nitrogens with zero attached hydrogens (tertiary/aromatic N) is 1. The molecule has 0 radical (unpaired) electrons. The van der Waals surface area contributed by atoms with Gasteiger partial charge in [0.25, 0.3) is 5.56 Å². The van der Waals surface area contributed by atoms with Gasteiger partial charge in [-0.1, -0.05) is 0 Å². The number of carbonyl (C=O) groups excluding carboxylic acids is 1. The zero-order valence-electron chi connectivity index (χ0n) is 5.40. The van der Waals surface area contributed by atoms with E-state index in [-0.39, 0.29) is 6.01 Å². The molecular weight excluding hydrogens is 150 g/mol. The fourth-order valence-corrected chi connectivity index (χ4v) is 0.499. The Morgan fingerprint density at radius 1 is 1.73 bits per heavy atom. The maximum absolute atomic E-state index is 10.5. The molecule has 0 spiro atoms. The number of aromatic nitrogens is 2. The third-order valence-electron chi connectivity index (χ3n) is 0.845. The second-order valence-corrected chi connectivity index (χ2v) is 1.66. The van der Waals surface area contributed by atoms with Crippen LogP contribution in [-0.4, -0.2) is 16.1 Å². The summed E-state index contributed by atoms with van der Waals surface area (Å²) in [6.07, 6.45) is 0.191. The Kier molecular flexibility index (Phi) is 1.86. The Labute approximate surface area is 61.0 Å². The maximum Gasteiger partial charge on any atom is 0.412 e. The summed E-state index contributed by atoms with van der Waals surface area (Å²) in [7, 11) is 0. The van der Waals surface area contributed by atoms with E-state index < -0.39 is 11.7 Å². The molecule has 0 saturated heterocycles. The summed E-state index contributed by atoms with van der Waals surface area (Å²) < 4.78 is 4.27. The second-order valence-electron chi connectivity index (χ2n) is 1.66. The van der Waals surface area contributed by atoms with Crippen LogP contribution in [0.3, 0.4) is 0 Å². The number of H-pyrrole nitrogens is 1. The molecule has 0 bridgehead atoms. The predicted octanol–water partition coefficient (Wildman–Crippen LogP) is -0.773. The lowest BCUT2D eigenvalue weighted by molar-refractivity contribution is 0.206. The Balaban J connectivity index is 2.88. The van der Waals surface area contributed by atoms with Crippen molar-refractivity contribution < 1.29 is 9.53 Å². The van der Waals surface area contributed by atoms with Gasteiger partial charge in [0.2, 0.25) is 0 Å². The van der Waals surface area contributed by atoms with Crippen LogP contribution >= 0.6 is 0 Å². The molecule has 0 fully saturated rings. The van der Waals surface area contributed by atoms with Gasteiger partial charge in [0.05, 0.1) is 0 Å². The molecule has 6 heteroatoms. The van der Waals surface area contributed by atoms with Gasteiger partial charge in [0.1, 0.15) is 0 Å². The molecule has 0 aliphatic heterocycles. The molecule has 11 heavy (non-hydrogen) atoms. The zero-order valence-corrected chi connectivity index (χ0v) is 5.40. The number of amides is 1. The van der Waals surface area contributed by atoms with Crippen molar-refractivity contribution >= 4 is 6.09 Å². The van der Waals surface area contributed by atoms with E-state index in [1.165, 1.54) is 12.3 Å². The van der Waals surface area contributed by atoms with Crippen LogP contribution in [0.15, 0.2) is 17.1 Å². The quantitative estimate of drug-likeness (QED) is 0.556. The molecule has 58 valence electrons. The highest BCUT2D eigenvalue weighted by molar-refractivity contribution is 5.66. The average Bonchev–Trinajstić information content (AvgIpc) is 1.85. The normalized spacial score (nSPS) is 9.09. The van der Waals surface area contributed by atoms with Crippen LogP contribution in [0.4, 0.5) is 4.79 Å².